The molecule has 0 fully saturated rings. The Labute approximate surface area is 141 Å². The predicted octanol–water partition coefficient (Wildman–Crippen LogP) is 3.26. The van der Waals surface area contributed by atoms with Gasteiger partial charge in [-0.3, -0.25) is 0 Å². The van der Waals surface area contributed by atoms with E-state index in [0.29, 0.717) is 11.1 Å². The second-order valence-corrected chi connectivity index (χ2v) is 5.31. The molecular formula is C16H15BrN2O4. The fraction of sp³-hybridized carbons (Fsp3) is 0.125. The van der Waals surface area contributed by atoms with Crippen molar-refractivity contribution >= 4 is 28.4 Å². The third-order valence-corrected chi connectivity index (χ3v) is 3.22. The summed E-state index contributed by atoms with van der Waals surface area (Å²) in [5, 5.41) is 26.6. The normalized spacial score (nSPS) is 11.2. The summed E-state index contributed by atoms with van der Waals surface area (Å²) >= 11 is 3.30. The molecule has 0 spiro atoms. The summed E-state index contributed by atoms with van der Waals surface area (Å²) < 4.78 is 0.832. The highest BCUT2D eigenvalue weighted by atomic mass is 79.9. The third-order valence-electron chi connectivity index (χ3n) is 2.72. The van der Waals surface area contributed by atoms with Crippen molar-refractivity contribution in [1.82, 2.24) is 0 Å². The maximum absolute atomic E-state index is 9.61. The molecule has 0 heterocycles. The molecule has 120 valence electrons. The van der Waals surface area contributed by atoms with Gasteiger partial charge in [-0.2, -0.15) is 0 Å². The summed E-state index contributed by atoms with van der Waals surface area (Å²) in [7, 11) is 0. The van der Waals surface area contributed by atoms with Gasteiger partial charge in [0.15, 0.2) is 13.2 Å². The molecule has 2 rings (SSSR count). The molecule has 2 aromatic carbocycles. The molecule has 0 amide bonds. The Morgan fingerprint density at radius 2 is 1.48 bits per heavy atom. The van der Waals surface area contributed by atoms with Crippen LogP contribution in [0.5, 0.6) is 11.5 Å². The lowest BCUT2D eigenvalue weighted by Gasteiger charge is -2.00. The van der Waals surface area contributed by atoms with Crippen LogP contribution in [-0.4, -0.2) is 35.9 Å². The molecule has 2 N–H and O–H groups in total. The van der Waals surface area contributed by atoms with Crippen LogP contribution in [0.25, 0.3) is 0 Å². The first-order valence-electron chi connectivity index (χ1n) is 6.74. The highest BCUT2D eigenvalue weighted by Crippen LogP contribution is 2.20. The van der Waals surface area contributed by atoms with Crippen molar-refractivity contribution in [3.8, 4) is 11.5 Å². The number of phenolic OH excluding ortho intramolecular Hbond substituents is 2. The Morgan fingerprint density at radius 1 is 0.870 bits per heavy atom. The van der Waals surface area contributed by atoms with E-state index in [-0.39, 0.29) is 24.7 Å². The molecular weight excluding hydrogens is 364 g/mol. The SMILES string of the molecule is Oc1ccccc1/C=N/OCCO/N=C/c1cc(Br)ccc1O. The van der Waals surface area contributed by atoms with Gasteiger partial charge in [-0.15, -0.1) is 0 Å². The maximum atomic E-state index is 9.61. The van der Waals surface area contributed by atoms with Crippen molar-refractivity contribution < 1.29 is 19.9 Å². The minimum absolute atomic E-state index is 0.115. The van der Waals surface area contributed by atoms with Gasteiger partial charge in [0, 0.05) is 15.6 Å². The summed E-state index contributed by atoms with van der Waals surface area (Å²) in [5.41, 5.74) is 1.11. The first-order valence-corrected chi connectivity index (χ1v) is 7.53. The minimum Gasteiger partial charge on any atom is -0.507 e. The summed E-state index contributed by atoms with van der Waals surface area (Å²) in [6.07, 6.45) is 2.82. The Bertz CT molecular complexity index is 704. The lowest BCUT2D eigenvalue weighted by atomic mass is 10.2. The van der Waals surface area contributed by atoms with Crippen LogP contribution in [0.2, 0.25) is 0 Å². The average molecular weight is 379 g/mol. The number of phenols is 2. The molecule has 0 saturated carbocycles. The van der Waals surface area contributed by atoms with Crippen LogP contribution >= 0.6 is 15.9 Å². The zero-order valence-corrected chi connectivity index (χ0v) is 13.7. The topological polar surface area (TPSA) is 83.6 Å². The zero-order chi connectivity index (χ0) is 16.5. The van der Waals surface area contributed by atoms with E-state index in [1.54, 1.807) is 42.5 Å². The molecule has 0 aliphatic heterocycles. The zero-order valence-electron chi connectivity index (χ0n) is 12.1. The predicted molar refractivity (Wildman–Crippen MR) is 91.0 cm³/mol. The van der Waals surface area contributed by atoms with Gasteiger partial charge < -0.3 is 19.9 Å². The molecule has 0 radical (unpaired) electrons. The highest BCUT2D eigenvalue weighted by Gasteiger charge is 1.98. The molecule has 0 bridgehead atoms. The van der Waals surface area contributed by atoms with E-state index in [0.717, 1.165) is 4.47 Å². The lowest BCUT2D eigenvalue weighted by Crippen LogP contribution is -1.98. The second-order valence-electron chi connectivity index (χ2n) is 4.40. The molecule has 0 aliphatic rings. The minimum atomic E-state index is 0.115. The summed E-state index contributed by atoms with van der Waals surface area (Å²) in [6, 6.07) is 11.8. The number of hydrogen-bond acceptors (Lipinski definition) is 6. The van der Waals surface area contributed by atoms with Crippen molar-refractivity contribution in [2.45, 2.75) is 0 Å². The Kier molecular flexibility index (Phi) is 6.43. The molecule has 0 aliphatic carbocycles. The monoisotopic (exact) mass is 378 g/mol. The van der Waals surface area contributed by atoms with Gasteiger partial charge in [0.25, 0.3) is 0 Å². The fourth-order valence-corrected chi connectivity index (χ4v) is 1.97. The van der Waals surface area contributed by atoms with Crippen molar-refractivity contribution in [3.05, 3.63) is 58.1 Å². The molecule has 23 heavy (non-hydrogen) atoms. The molecule has 6 nitrogen and oxygen atoms in total. The van der Waals surface area contributed by atoms with E-state index < -0.39 is 0 Å². The van der Waals surface area contributed by atoms with Crippen molar-refractivity contribution in [2.24, 2.45) is 10.3 Å². The third kappa shape index (κ3) is 5.63. The Morgan fingerprint density at radius 3 is 2.17 bits per heavy atom. The fourth-order valence-electron chi connectivity index (χ4n) is 1.59. The highest BCUT2D eigenvalue weighted by molar-refractivity contribution is 9.10. The van der Waals surface area contributed by atoms with Crippen LogP contribution in [-0.2, 0) is 9.68 Å². The number of nitrogens with zero attached hydrogens (tertiary/aromatic N) is 2. The number of benzene rings is 2. The van der Waals surface area contributed by atoms with Crippen molar-refractivity contribution in [2.75, 3.05) is 13.2 Å². The maximum Gasteiger partial charge on any atom is 0.153 e. The number of aromatic hydroxyl groups is 2. The smallest absolute Gasteiger partial charge is 0.153 e. The first-order chi connectivity index (χ1) is 11.2. The van der Waals surface area contributed by atoms with Crippen LogP contribution < -0.4 is 0 Å². The van der Waals surface area contributed by atoms with Gasteiger partial charge in [-0.05, 0) is 30.3 Å². The van der Waals surface area contributed by atoms with Crippen LogP contribution in [0.15, 0.2) is 57.2 Å². The average Bonchev–Trinajstić information content (AvgIpc) is 2.54. The first kappa shape index (κ1) is 16.8. The second kappa shape index (κ2) is 8.79. The number of rotatable bonds is 7. The summed E-state index contributed by atoms with van der Waals surface area (Å²) in [4.78, 5) is 9.99. The van der Waals surface area contributed by atoms with Gasteiger partial charge in [0.1, 0.15) is 11.5 Å². The van der Waals surface area contributed by atoms with Gasteiger partial charge >= 0.3 is 0 Å². The number of oxime groups is 2. The largest absolute Gasteiger partial charge is 0.507 e. The Hall–Kier alpha value is -2.54. The standard InChI is InChI=1S/C16H15BrN2O4/c17-14-5-6-16(21)13(9-14)11-19-23-8-7-22-18-10-12-3-1-2-4-15(12)20/h1-6,9-11,20-21H,7-8H2/b18-10+,19-11+. The van der Waals surface area contributed by atoms with Crippen molar-refractivity contribution in [1.29, 1.82) is 0 Å². The van der Waals surface area contributed by atoms with E-state index in [4.69, 9.17) is 9.68 Å². The van der Waals surface area contributed by atoms with E-state index in [1.165, 1.54) is 12.4 Å². The molecule has 0 saturated heterocycles. The van der Waals surface area contributed by atoms with Crippen LogP contribution in [0.3, 0.4) is 0 Å². The van der Waals surface area contributed by atoms with E-state index >= 15 is 0 Å². The summed E-state index contributed by atoms with van der Waals surface area (Å²) in [5.74, 6) is 0.249. The summed E-state index contributed by atoms with van der Waals surface area (Å²) in [6.45, 7) is 0.398. The van der Waals surface area contributed by atoms with Crippen LogP contribution in [0, 0.1) is 0 Å². The number of hydrogen-bond donors (Lipinski definition) is 2. The van der Waals surface area contributed by atoms with E-state index in [1.807, 2.05) is 0 Å². The van der Waals surface area contributed by atoms with E-state index in [9.17, 15) is 10.2 Å². The van der Waals surface area contributed by atoms with E-state index in [2.05, 4.69) is 26.2 Å². The van der Waals surface area contributed by atoms with Crippen LogP contribution in [0.4, 0.5) is 0 Å². The van der Waals surface area contributed by atoms with Crippen LogP contribution in [0.1, 0.15) is 11.1 Å². The Balaban J connectivity index is 1.69. The van der Waals surface area contributed by atoms with Gasteiger partial charge in [-0.25, -0.2) is 0 Å². The molecule has 0 unspecified atom stereocenters. The number of halogens is 1. The molecule has 0 atom stereocenters. The van der Waals surface area contributed by atoms with Gasteiger partial charge in [-0.1, -0.05) is 38.4 Å². The number of para-hydroxylation sites is 1. The van der Waals surface area contributed by atoms with Crippen molar-refractivity contribution in [3.63, 3.8) is 0 Å². The van der Waals surface area contributed by atoms with Gasteiger partial charge in [0.05, 0.1) is 12.4 Å². The molecule has 0 aromatic heterocycles. The van der Waals surface area contributed by atoms with Gasteiger partial charge in [0.2, 0.25) is 0 Å². The lowest BCUT2D eigenvalue weighted by molar-refractivity contribution is 0.0553. The quantitative estimate of drug-likeness (QED) is 0.440. The molecule has 7 heteroatoms. The molecule has 2 aromatic rings.